The monoisotopic (exact) mass is 234 g/mol. The van der Waals surface area contributed by atoms with Crippen LogP contribution < -0.4 is 0 Å². The van der Waals surface area contributed by atoms with Crippen molar-refractivity contribution in [3.63, 3.8) is 0 Å². The Labute approximate surface area is 99.5 Å². The number of hydrogen-bond acceptors (Lipinski definition) is 2. The second kappa shape index (κ2) is 4.67. The molecule has 0 saturated heterocycles. The van der Waals surface area contributed by atoms with Crippen molar-refractivity contribution in [2.45, 2.75) is 26.5 Å². The molecular formula is C13H15FN2O. The molecule has 1 heterocycles. The highest BCUT2D eigenvalue weighted by atomic mass is 19.1. The topological polar surface area (TPSA) is 38.0 Å². The minimum atomic E-state index is -0.387. The summed E-state index contributed by atoms with van der Waals surface area (Å²) >= 11 is 0. The lowest BCUT2D eigenvalue weighted by atomic mass is 10.1. The second-order valence-electron chi connectivity index (χ2n) is 4.27. The third-order valence-corrected chi connectivity index (χ3v) is 2.69. The SMILES string of the molecule is CC(C)n1cc(-c2ccc(CO)c(F)c2)cn1. The zero-order valence-electron chi connectivity index (χ0n) is 9.89. The molecule has 90 valence electrons. The maximum atomic E-state index is 13.5. The van der Waals surface area contributed by atoms with Gasteiger partial charge in [0.2, 0.25) is 0 Å². The molecule has 17 heavy (non-hydrogen) atoms. The summed E-state index contributed by atoms with van der Waals surface area (Å²) in [7, 11) is 0. The van der Waals surface area contributed by atoms with Gasteiger partial charge in [0.15, 0.2) is 0 Å². The van der Waals surface area contributed by atoms with E-state index in [9.17, 15) is 4.39 Å². The number of hydrogen-bond donors (Lipinski definition) is 1. The van der Waals surface area contributed by atoms with Gasteiger partial charge in [-0.3, -0.25) is 4.68 Å². The average molecular weight is 234 g/mol. The lowest BCUT2D eigenvalue weighted by Crippen LogP contribution is -1.99. The lowest BCUT2D eigenvalue weighted by molar-refractivity contribution is 0.276. The minimum Gasteiger partial charge on any atom is -0.392 e. The first-order valence-electron chi connectivity index (χ1n) is 5.55. The average Bonchev–Trinajstić information content (AvgIpc) is 2.78. The fourth-order valence-corrected chi connectivity index (χ4v) is 1.62. The summed E-state index contributed by atoms with van der Waals surface area (Å²) in [5, 5.41) is 13.1. The quantitative estimate of drug-likeness (QED) is 0.886. The van der Waals surface area contributed by atoms with E-state index in [4.69, 9.17) is 5.11 Å². The number of nitrogens with zero attached hydrogens (tertiary/aromatic N) is 2. The first-order valence-corrected chi connectivity index (χ1v) is 5.55. The van der Waals surface area contributed by atoms with Crippen molar-refractivity contribution < 1.29 is 9.50 Å². The number of aliphatic hydroxyl groups is 1. The summed E-state index contributed by atoms with van der Waals surface area (Å²) in [4.78, 5) is 0. The molecule has 0 aliphatic rings. The third-order valence-electron chi connectivity index (χ3n) is 2.69. The van der Waals surface area contributed by atoms with Crippen LogP contribution >= 0.6 is 0 Å². The lowest BCUT2D eigenvalue weighted by Gasteiger charge is -2.04. The van der Waals surface area contributed by atoms with Crippen molar-refractivity contribution in [3.05, 3.63) is 42.0 Å². The molecule has 0 amide bonds. The Morgan fingerprint density at radius 1 is 1.35 bits per heavy atom. The van der Waals surface area contributed by atoms with Gasteiger partial charge in [0.25, 0.3) is 0 Å². The Hall–Kier alpha value is -1.68. The highest BCUT2D eigenvalue weighted by Gasteiger charge is 2.07. The predicted octanol–water partition coefficient (Wildman–Crippen LogP) is 2.76. The van der Waals surface area contributed by atoms with E-state index in [1.54, 1.807) is 18.3 Å². The minimum absolute atomic E-state index is 0.280. The first kappa shape index (κ1) is 11.8. The predicted molar refractivity (Wildman–Crippen MR) is 63.9 cm³/mol. The van der Waals surface area contributed by atoms with Gasteiger partial charge < -0.3 is 5.11 Å². The Bertz CT molecular complexity index is 520. The second-order valence-corrected chi connectivity index (χ2v) is 4.27. The van der Waals surface area contributed by atoms with Crippen LogP contribution in [0.1, 0.15) is 25.5 Å². The van der Waals surface area contributed by atoms with Crippen LogP contribution in [0.4, 0.5) is 4.39 Å². The molecule has 4 heteroatoms. The van der Waals surface area contributed by atoms with Gasteiger partial charge >= 0.3 is 0 Å². The van der Waals surface area contributed by atoms with Crippen molar-refractivity contribution in [1.29, 1.82) is 0 Å². The van der Waals surface area contributed by atoms with Crippen molar-refractivity contribution in [1.82, 2.24) is 9.78 Å². The van der Waals surface area contributed by atoms with Gasteiger partial charge in [-0.15, -0.1) is 0 Å². The molecule has 2 rings (SSSR count). The largest absolute Gasteiger partial charge is 0.392 e. The molecule has 0 aliphatic carbocycles. The molecule has 0 aliphatic heterocycles. The van der Waals surface area contributed by atoms with Crippen LogP contribution in [0, 0.1) is 5.82 Å². The van der Waals surface area contributed by atoms with Gasteiger partial charge in [-0.1, -0.05) is 12.1 Å². The highest BCUT2D eigenvalue weighted by Crippen LogP contribution is 2.22. The molecule has 1 N–H and O–H groups in total. The van der Waals surface area contributed by atoms with Crippen LogP contribution in [0.3, 0.4) is 0 Å². The van der Waals surface area contributed by atoms with Crippen LogP contribution in [-0.4, -0.2) is 14.9 Å². The third kappa shape index (κ3) is 2.36. The van der Waals surface area contributed by atoms with Crippen molar-refractivity contribution in [2.75, 3.05) is 0 Å². The molecular weight excluding hydrogens is 219 g/mol. The summed E-state index contributed by atoms with van der Waals surface area (Å²) in [6.07, 6.45) is 3.60. The summed E-state index contributed by atoms with van der Waals surface area (Å²) in [6, 6.07) is 5.09. The number of benzene rings is 1. The van der Waals surface area contributed by atoms with Gasteiger partial charge in [0.1, 0.15) is 5.82 Å². The van der Waals surface area contributed by atoms with E-state index in [1.165, 1.54) is 6.07 Å². The molecule has 3 nitrogen and oxygen atoms in total. The zero-order chi connectivity index (χ0) is 12.4. The van der Waals surface area contributed by atoms with Crippen LogP contribution in [-0.2, 0) is 6.61 Å². The summed E-state index contributed by atoms with van der Waals surface area (Å²) in [5.41, 5.74) is 1.96. The molecule has 0 saturated carbocycles. The Kier molecular flexibility index (Phi) is 3.24. The van der Waals surface area contributed by atoms with Crippen LogP contribution in [0.5, 0.6) is 0 Å². The summed E-state index contributed by atoms with van der Waals surface area (Å²) in [6.45, 7) is 3.79. The zero-order valence-corrected chi connectivity index (χ0v) is 9.89. The normalized spacial score (nSPS) is 11.1. The number of rotatable bonds is 3. The van der Waals surface area contributed by atoms with Crippen molar-refractivity contribution >= 4 is 0 Å². The van der Waals surface area contributed by atoms with Crippen LogP contribution in [0.2, 0.25) is 0 Å². The molecule has 0 bridgehead atoms. The molecule has 1 aromatic carbocycles. The van der Waals surface area contributed by atoms with Gasteiger partial charge in [0.05, 0.1) is 12.8 Å². The molecule has 0 fully saturated rings. The Balaban J connectivity index is 2.36. The van der Waals surface area contributed by atoms with Crippen molar-refractivity contribution in [2.24, 2.45) is 0 Å². The van der Waals surface area contributed by atoms with E-state index in [1.807, 2.05) is 24.7 Å². The fourth-order valence-electron chi connectivity index (χ4n) is 1.62. The van der Waals surface area contributed by atoms with E-state index in [-0.39, 0.29) is 18.5 Å². The number of halogens is 1. The van der Waals surface area contributed by atoms with E-state index in [2.05, 4.69) is 5.10 Å². The van der Waals surface area contributed by atoms with Gasteiger partial charge in [0, 0.05) is 23.4 Å². The molecule has 0 unspecified atom stereocenters. The maximum absolute atomic E-state index is 13.5. The fraction of sp³-hybridized carbons (Fsp3) is 0.308. The van der Waals surface area contributed by atoms with Crippen LogP contribution in [0.25, 0.3) is 11.1 Å². The highest BCUT2D eigenvalue weighted by molar-refractivity contribution is 5.62. The van der Waals surface area contributed by atoms with E-state index >= 15 is 0 Å². The van der Waals surface area contributed by atoms with Gasteiger partial charge in [-0.25, -0.2) is 4.39 Å². The molecule has 2 aromatic rings. The van der Waals surface area contributed by atoms with E-state index in [0.717, 1.165) is 11.1 Å². The summed E-state index contributed by atoms with van der Waals surface area (Å²) in [5.74, 6) is -0.387. The molecule has 0 radical (unpaired) electrons. The molecule has 0 atom stereocenters. The van der Waals surface area contributed by atoms with Gasteiger partial charge in [-0.05, 0) is 25.5 Å². The Morgan fingerprint density at radius 3 is 2.65 bits per heavy atom. The number of aliphatic hydroxyl groups excluding tert-OH is 1. The maximum Gasteiger partial charge on any atom is 0.129 e. The summed E-state index contributed by atoms with van der Waals surface area (Å²) < 4.78 is 15.3. The first-order chi connectivity index (χ1) is 8.11. The van der Waals surface area contributed by atoms with Crippen LogP contribution in [0.15, 0.2) is 30.6 Å². The number of aromatic nitrogens is 2. The Morgan fingerprint density at radius 2 is 2.12 bits per heavy atom. The molecule has 1 aromatic heterocycles. The van der Waals surface area contributed by atoms with E-state index < -0.39 is 0 Å². The van der Waals surface area contributed by atoms with Gasteiger partial charge in [-0.2, -0.15) is 5.10 Å². The standard InChI is InChI=1S/C13H15FN2O/c1-9(2)16-7-12(6-15-16)10-3-4-11(8-17)13(14)5-10/h3-7,9,17H,8H2,1-2H3. The smallest absolute Gasteiger partial charge is 0.129 e. The van der Waals surface area contributed by atoms with Crippen molar-refractivity contribution in [3.8, 4) is 11.1 Å². The van der Waals surface area contributed by atoms with E-state index in [0.29, 0.717) is 5.56 Å². The molecule has 0 spiro atoms.